The Balaban J connectivity index is 0.000000198. The smallest absolute Gasteiger partial charge is 0.153 e. The van der Waals surface area contributed by atoms with Gasteiger partial charge >= 0.3 is 0 Å². The maximum Gasteiger partial charge on any atom is 0.153 e. The van der Waals surface area contributed by atoms with Gasteiger partial charge in [0.2, 0.25) is 0 Å². The van der Waals surface area contributed by atoms with Crippen molar-refractivity contribution >= 4 is 52.0 Å². The molecule has 0 amide bonds. The van der Waals surface area contributed by atoms with Gasteiger partial charge in [0, 0.05) is 23.8 Å². The summed E-state index contributed by atoms with van der Waals surface area (Å²) in [4.78, 5) is 17.7. The third kappa shape index (κ3) is 5.21. The highest BCUT2D eigenvalue weighted by Gasteiger charge is 1.98. The number of carbonyl (C=O) groups is 1. The fourth-order valence-corrected chi connectivity index (χ4v) is 1.88. The number of hydrogen-bond acceptors (Lipinski definition) is 6. The van der Waals surface area contributed by atoms with Crippen LogP contribution in [-0.2, 0) is 0 Å². The summed E-state index contributed by atoms with van der Waals surface area (Å²) in [5.74, 6) is 8.00. The topological polar surface area (TPSA) is 124 Å². The Morgan fingerprint density at radius 3 is 2.27 bits per heavy atom. The molecule has 3 rings (SSSR count). The molecular weight excluding hydrogens is 351 g/mol. The van der Waals surface area contributed by atoms with Crippen molar-refractivity contribution < 1.29 is 4.79 Å². The highest BCUT2D eigenvalue weighted by Crippen LogP contribution is 2.16. The van der Waals surface area contributed by atoms with Crippen LogP contribution in [0, 0.1) is 0 Å². The number of aromatic amines is 1. The first-order chi connectivity index (χ1) is 10.6. The van der Waals surface area contributed by atoms with Crippen molar-refractivity contribution in [3.63, 3.8) is 0 Å². The van der Waals surface area contributed by atoms with E-state index in [0.717, 1.165) is 10.9 Å². The van der Waals surface area contributed by atoms with Crippen LogP contribution in [0.5, 0.6) is 0 Å². The van der Waals surface area contributed by atoms with Crippen molar-refractivity contribution in [3.05, 3.63) is 51.6 Å². The molecule has 0 unspecified atom stereocenters. The summed E-state index contributed by atoms with van der Waals surface area (Å²) in [6.45, 7) is 0. The molecular formula is C12H11Cl3N6O. The van der Waals surface area contributed by atoms with E-state index in [1.54, 1.807) is 18.5 Å². The quantitative estimate of drug-likeness (QED) is 0.265. The molecule has 0 spiro atoms. The van der Waals surface area contributed by atoms with Crippen LogP contribution in [0.4, 0.5) is 0 Å². The van der Waals surface area contributed by atoms with Gasteiger partial charge in [0.25, 0.3) is 0 Å². The van der Waals surface area contributed by atoms with Crippen molar-refractivity contribution in [1.29, 1.82) is 0 Å². The Hall–Kier alpha value is -1.77. The zero-order chi connectivity index (χ0) is 16.5. The van der Waals surface area contributed by atoms with Crippen molar-refractivity contribution in [3.8, 4) is 0 Å². The molecule has 0 atom stereocenters. The molecule has 0 fully saturated rings. The normalized spacial score (nSPS) is 9.32. The summed E-state index contributed by atoms with van der Waals surface area (Å²) in [5, 5.41) is 8.68. The van der Waals surface area contributed by atoms with E-state index in [1.165, 1.54) is 12.3 Å². The van der Waals surface area contributed by atoms with Crippen molar-refractivity contribution in [1.82, 2.24) is 20.2 Å². The van der Waals surface area contributed by atoms with Crippen LogP contribution in [0.1, 0.15) is 10.4 Å². The van der Waals surface area contributed by atoms with Gasteiger partial charge in [-0.3, -0.25) is 21.6 Å². The number of carbonyl (C=O) groups excluding carboxylic acids is 1. The molecule has 3 aromatic rings. The monoisotopic (exact) mass is 360 g/mol. The van der Waals surface area contributed by atoms with Crippen LogP contribution < -0.4 is 11.7 Å². The first-order valence-electron chi connectivity index (χ1n) is 5.64. The molecule has 5 N–H and O–H groups in total. The molecule has 22 heavy (non-hydrogen) atoms. The standard InChI is InChI=1S/C6H3Cl2NO.C6H4ClN3.H4N2/c7-5-1-6(8)9-2-4(5)3-10;7-6-1-5-4(2-8-6)3-9-10-5;1-2/h1-3H;1-3H,(H,9,10);1-2H2. The van der Waals surface area contributed by atoms with Gasteiger partial charge in [0.15, 0.2) is 6.29 Å². The average molecular weight is 362 g/mol. The fraction of sp³-hybridized carbons (Fsp3) is 0. The van der Waals surface area contributed by atoms with Gasteiger partial charge in [0.05, 0.1) is 22.3 Å². The van der Waals surface area contributed by atoms with E-state index in [0.29, 0.717) is 22.0 Å². The summed E-state index contributed by atoms with van der Waals surface area (Å²) >= 11 is 16.7. The van der Waals surface area contributed by atoms with Crippen LogP contribution in [0.2, 0.25) is 15.3 Å². The number of fused-ring (bicyclic) bond motifs is 1. The number of halogens is 3. The Morgan fingerprint density at radius 2 is 1.64 bits per heavy atom. The molecule has 10 heteroatoms. The second-order valence-corrected chi connectivity index (χ2v) is 4.79. The second-order valence-electron chi connectivity index (χ2n) is 3.61. The summed E-state index contributed by atoms with van der Waals surface area (Å²) in [7, 11) is 0. The van der Waals surface area contributed by atoms with E-state index in [1.807, 2.05) is 0 Å². The SMILES string of the molecule is Clc1cc2[nH]ncc2cn1.NN.O=Cc1cnc(Cl)cc1Cl. The molecule has 0 bridgehead atoms. The Labute approximate surface area is 140 Å². The lowest BCUT2D eigenvalue weighted by atomic mass is 10.3. The third-order valence-corrected chi connectivity index (χ3v) is 3.01. The van der Waals surface area contributed by atoms with Gasteiger partial charge in [-0.1, -0.05) is 34.8 Å². The molecule has 0 aromatic carbocycles. The number of nitrogens with zero attached hydrogens (tertiary/aromatic N) is 3. The minimum atomic E-state index is 0.288. The minimum absolute atomic E-state index is 0.288. The minimum Gasteiger partial charge on any atom is -0.298 e. The number of aldehydes is 1. The number of H-pyrrole nitrogens is 1. The maximum absolute atomic E-state index is 10.2. The van der Waals surface area contributed by atoms with Crippen LogP contribution in [-0.4, -0.2) is 26.5 Å². The first-order valence-corrected chi connectivity index (χ1v) is 6.77. The Kier molecular flexibility index (Phi) is 7.72. The summed E-state index contributed by atoms with van der Waals surface area (Å²) in [6, 6.07) is 3.16. The van der Waals surface area contributed by atoms with Crippen LogP contribution in [0.3, 0.4) is 0 Å². The van der Waals surface area contributed by atoms with Gasteiger partial charge in [-0.2, -0.15) is 5.10 Å². The van der Waals surface area contributed by atoms with Gasteiger partial charge in [0.1, 0.15) is 10.3 Å². The second kappa shape index (κ2) is 9.29. The van der Waals surface area contributed by atoms with Crippen LogP contribution >= 0.6 is 34.8 Å². The Morgan fingerprint density at radius 1 is 1.00 bits per heavy atom. The van der Waals surface area contributed by atoms with Gasteiger partial charge in [-0.25, -0.2) is 9.97 Å². The van der Waals surface area contributed by atoms with E-state index < -0.39 is 0 Å². The van der Waals surface area contributed by atoms with E-state index in [2.05, 4.69) is 31.9 Å². The molecule has 7 nitrogen and oxygen atoms in total. The van der Waals surface area contributed by atoms with E-state index in [-0.39, 0.29) is 5.15 Å². The lowest BCUT2D eigenvalue weighted by molar-refractivity contribution is 0.112. The molecule has 116 valence electrons. The number of hydrazine groups is 1. The third-order valence-electron chi connectivity index (χ3n) is 2.27. The predicted molar refractivity (Wildman–Crippen MR) is 86.9 cm³/mol. The van der Waals surface area contributed by atoms with Gasteiger partial charge in [-0.05, 0) is 6.07 Å². The number of nitrogens with one attached hydrogen (secondary N) is 1. The molecule has 0 saturated carbocycles. The molecule has 0 radical (unpaired) electrons. The first kappa shape index (κ1) is 18.3. The predicted octanol–water partition coefficient (Wildman–Crippen LogP) is 2.63. The zero-order valence-electron chi connectivity index (χ0n) is 11.0. The molecule has 0 aliphatic heterocycles. The largest absolute Gasteiger partial charge is 0.298 e. The number of nitrogens with two attached hydrogens (primary N) is 2. The fourth-order valence-electron chi connectivity index (χ4n) is 1.32. The summed E-state index contributed by atoms with van der Waals surface area (Å²) in [6.07, 6.45) is 5.35. The zero-order valence-corrected chi connectivity index (χ0v) is 13.3. The molecule has 0 aliphatic rings. The lowest BCUT2D eigenvalue weighted by Crippen LogP contribution is -2.02. The van der Waals surface area contributed by atoms with Gasteiger partial charge < -0.3 is 0 Å². The average Bonchev–Trinajstić information content (AvgIpc) is 2.97. The maximum atomic E-state index is 10.2. The highest BCUT2D eigenvalue weighted by molar-refractivity contribution is 6.35. The van der Waals surface area contributed by atoms with E-state index >= 15 is 0 Å². The highest BCUT2D eigenvalue weighted by atomic mass is 35.5. The van der Waals surface area contributed by atoms with Crippen molar-refractivity contribution in [2.24, 2.45) is 11.7 Å². The molecule has 3 aromatic heterocycles. The number of aromatic nitrogens is 4. The number of rotatable bonds is 1. The van der Waals surface area contributed by atoms with Gasteiger partial charge in [-0.15, -0.1) is 0 Å². The van der Waals surface area contributed by atoms with Crippen LogP contribution in [0.15, 0.2) is 30.7 Å². The molecule has 0 aliphatic carbocycles. The van der Waals surface area contributed by atoms with Crippen LogP contribution in [0.25, 0.3) is 10.9 Å². The Bertz CT molecular complexity index is 749. The number of hydrogen-bond donors (Lipinski definition) is 3. The van der Waals surface area contributed by atoms with E-state index in [9.17, 15) is 4.79 Å². The lowest BCUT2D eigenvalue weighted by Gasteiger charge is -1.93. The van der Waals surface area contributed by atoms with E-state index in [4.69, 9.17) is 34.8 Å². The summed E-state index contributed by atoms with van der Waals surface area (Å²) < 4.78 is 0. The molecule has 0 saturated heterocycles. The molecule has 3 heterocycles. The van der Waals surface area contributed by atoms with Crippen molar-refractivity contribution in [2.45, 2.75) is 0 Å². The summed E-state index contributed by atoms with van der Waals surface area (Å²) in [5.41, 5.74) is 1.27. The number of pyridine rings is 2. The van der Waals surface area contributed by atoms with Crippen molar-refractivity contribution in [2.75, 3.05) is 0 Å².